The minimum Gasteiger partial charge on any atom is -0.460 e. The molecular formula is C18H15F3O. The highest BCUT2D eigenvalue weighted by atomic mass is 19.4. The van der Waals surface area contributed by atoms with Crippen LogP contribution in [0.25, 0.3) is 0 Å². The van der Waals surface area contributed by atoms with Crippen molar-refractivity contribution < 1.29 is 17.9 Å². The molecule has 0 saturated heterocycles. The predicted octanol–water partition coefficient (Wildman–Crippen LogP) is 5.12. The molecule has 1 aromatic carbocycles. The molecule has 1 spiro atoms. The van der Waals surface area contributed by atoms with E-state index >= 15 is 0 Å². The molecule has 0 N–H and O–H groups in total. The Morgan fingerprint density at radius 1 is 1.14 bits per heavy atom. The van der Waals surface area contributed by atoms with Gasteiger partial charge in [-0.25, -0.2) is 0 Å². The molecule has 3 aliphatic rings. The Morgan fingerprint density at radius 3 is 2.77 bits per heavy atom. The zero-order chi connectivity index (χ0) is 15.4. The van der Waals surface area contributed by atoms with Gasteiger partial charge in [-0.15, -0.1) is 0 Å². The zero-order valence-electron chi connectivity index (χ0n) is 11.8. The van der Waals surface area contributed by atoms with Crippen molar-refractivity contribution in [3.8, 4) is 5.75 Å². The summed E-state index contributed by atoms with van der Waals surface area (Å²) in [6.45, 7) is 0. The van der Waals surface area contributed by atoms with Crippen LogP contribution < -0.4 is 4.74 Å². The number of fused-ring (bicyclic) bond motifs is 1. The molecule has 4 rings (SSSR count). The highest BCUT2D eigenvalue weighted by Crippen LogP contribution is 2.60. The average Bonchev–Trinajstić information content (AvgIpc) is 3.00. The van der Waals surface area contributed by atoms with E-state index < -0.39 is 11.7 Å². The summed E-state index contributed by atoms with van der Waals surface area (Å²) in [5.41, 5.74) is -0.972. The van der Waals surface area contributed by atoms with Crippen molar-refractivity contribution in [1.82, 2.24) is 0 Å². The summed E-state index contributed by atoms with van der Waals surface area (Å²) in [6.07, 6.45) is 7.80. The first-order valence-electron chi connectivity index (χ1n) is 7.41. The standard InChI is InChI=1S/C18H15F3O/c19-18(20,21)14-6-1-2-7-15(14)22-16-10-12-9-13-5-3-4-8-17(13,16)11-12/h1-8,10,12-13H,9,11H2. The third-order valence-corrected chi connectivity index (χ3v) is 4.92. The SMILES string of the molecule is FC(F)(F)c1ccccc1OC1=CC2CC3C=CC=CC13C2. The lowest BCUT2D eigenvalue weighted by molar-refractivity contribution is -0.138. The third-order valence-electron chi connectivity index (χ3n) is 4.92. The van der Waals surface area contributed by atoms with E-state index in [1.54, 1.807) is 6.07 Å². The molecule has 3 atom stereocenters. The van der Waals surface area contributed by atoms with E-state index in [0.717, 1.165) is 18.9 Å². The molecule has 22 heavy (non-hydrogen) atoms. The van der Waals surface area contributed by atoms with Crippen LogP contribution in [0.1, 0.15) is 18.4 Å². The summed E-state index contributed by atoms with van der Waals surface area (Å²) >= 11 is 0. The summed E-state index contributed by atoms with van der Waals surface area (Å²) in [6, 6.07) is 5.41. The number of halogens is 3. The molecule has 0 amide bonds. The van der Waals surface area contributed by atoms with Gasteiger partial charge in [0.25, 0.3) is 0 Å². The molecule has 1 saturated carbocycles. The van der Waals surface area contributed by atoms with Crippen LogP contribution in [-0.2, 0) is 6.18 Å². The topological polar surface area (TPSA) is 9.23 Å². The third kappa shape index (κ3) is 1.93. The van der Waals surface area contributed by atoms with Crippen molar-refractivity contribution in [3.63, 3.8) is 0 Å². The maximum absolute atomic E-state index is 13.1. The monoisotopic (exact) mass is 304 g/mol. The lowest BCUT2D eigenvalue weighted by atomic mass is 9.74. The van der Waals surface area contributed by atoms with E-state index in [9.17, 15) is 13.2 Å². The van der Waals surface area contributed by atoms with Crippen LogP contribution in [0.5, 0.6) is 5.75 Å². The number of hydrogen-bond donors (Lipinski definition) is 0. The number of allylic oxidation sites excluding steroid dienone is 5. The van der Waals surface area contributed by atoms with E-state index in [0.29, 0.717) is 17.6 Å². The Morgan fingerprint density at radius 2 is 1.95 bits per heavy atom. The van der Waals surface area contributed by atoms with Crippen molar-refractivity contribution in [2.75, 3.05) is 0 Å². The van der Waals surface area contributed by atoms with Gasteiger partial charge in [0.1, 0.15) is 11.5 Å². The smallest absolute Gasteiger partial charge is 0.419 e. The Balaban J connectivity index is 1.70. The first-order chi connectivity index (χ1) is 10.5. The number of benzene rings is 1. The molecule has 3 unspecified atom stereocenters. The molecule has 0 aliphatic heterocycles. The van der Waals surface area contributed by atoms with Crippen molar-refractivity contribution in [3.05, 3.63) is 66.0 Å². The summed E-state index contributed by atoms with van der Waals surface area (Å²) in [7, 11) is 0. The largest absolute Gasteiger partial charge is 0.460 e. The highest BCUT2D eigenvalue weighted by molar-refractivity contribution is 5.42. The zero-order valence-corrected chi connectivity index (χ0v) is 11.8. The molecule has 1 nitrogen and oxygen atoms in total. The van der Waals surface area contributed by atoms with Crippen LogP contribution in [-0.4, -0.2) is 0 Å². The molecule has 0 radical (unpaired) electrons. The minimum absolute atomic E-state index is 0.107. The summed E-state index contributed by atoms with van der Waals surface area (Å²) in [5, 5.41) is 0. The van der Waals surface area contributed by atoms with Gasteiger partial charge in [-0.2, -0.15) is 13.2 Å². The molecular weight excluding hydrogens is 289 g/mol. The molecule has 0 aromatic heterocycles. The molecule has 1 aromatic rings. The van der Waals surface area contributed by atoms with Gasteiger partial charge < -0.3 is 4.74 Å². The van der Waals surface area contributed by atoms with Crippen LogP contribution in [0.15, 0.2) is 60.4 Å². The predicted molar refractivity (Wildman–Crippen MR) is 77.1 cm³/mol. The molecule has 0 heterocycles. The summed E-state index contributed by atoms with van der Waals surface area (Å²) in [4.78, 5) is 0. The fraction of sp³-hybridized carbons (Fsp3) is 0.333. The first kappa shape index (κ1) is 13.7. The van der Waals surface area contributed by atoms with Crippen LogP contribution in [0.2, 0.25) is 0 Å². The summed E-state index contributed by atoms with van der Waals surface area (Å²) < 4.78 is 45.1. The Bertz CT molecular complexity index is 699. The number of rotatable bonds is 2. The highest BCUT2D eigenvalue weighted by Gasteiger charge is 2.53. The maximum Gasteiger partial charge on any atom is 0.419 e. The second-order valence-electron chi connectivity index (χ2n) is 6.22. The van der Waals surface area contributed by atoms with E-state index in [-0.39, 0.29) is 11.2 Å². The molecule has 4 heteroatoms. The first-order valence-corrected chi connectivity index (χ1v) is 7.41. The second-order valence-corrected chi connectivity index (χ2v) is 6.22. The van der Waals surface area contributed by atoms with Gasteiger partial charge in [-0.05, 0) is 42.9 Å². The van der Waals surface area contributed by atoms with Crippen LogP contribution in [0, 0.1) is 17.3 Å². The Labute approximate surface area is 126 Å². The minimum atomic E-state index is -4.41. The van der Waals surface area contributed by atoms with Gasteiger partial charge in [0.15, 0.2) is 0 Å². The van der Waals surface area contributed by atoms with Crippen LogP contribution in [0.3, 0.4) is 0 Å². The van der Waals surface area contributed by atoms with E-state index in [1.807, 2.05) is 18.2 Å². The van der Waals surface area contributed by atoms with Crippen molar-refractivity contribution in [1.29, 1.82) is 0 Å². The Kier molecular flexibility index (Phi) is 2.80. The number of alkyl halides is 3. The van der Waals surface area contributed by atoms with Crippen LogP contribution >= 0.6 is 0 Å². The lowest BCUT2D eigenvalue weighted by Crippen LogP contribution is -2.28. The lowest BCUT2D eigenvalue weighted by Gasteiger charge is -2.34. The molecule has 1 fully saturated rings. The van der Waals surface area contributed by atoms with Crippen molar-refractivity contribution in [2.45, 2.75) is 19.0 Å². The van der Waals surface area contributed by atoms with E-state index in [2.05, 4.69) is 12.2 Å². The van der Waals surface area contributed by atoms with Gasteiger partial charge in [0.05, 0.1) is 11.0 Å². The maximum atomic E-state index is 13.1. The van der Waals surface area contributed by atoms with Gasteiger partial charge in [-0.1, -0.05) is 36.4 Å². The van der Waals surface area contributed by atoms with Crippen molar-refractivity contribution in [2.24, 2.45) is 17.3 Å². The molecule has 3 aliphatic carbocycles. The van der Waals surface area contributed by atoms with Gasteiger partial charge >= 0.3 is 6.18 Å². The number of hydrogen-bond acceptors (Lipinski definition) is 1. The van der Waals surface area contributed by atoms with Gasteiger partial charge in [0.2, 0.25) is 0 Å². The number of para-hydroxylation sites is 1. The fourth-order valence-corrected chi connectivity index (χ4v) is 3.97. The summed E-state index contributed by atoms with van der Waals surface area (Å²) in [5.74, 6) is 1.29. The quantitative estimate of drug-likeness (QED) is 0.737. The Hall–Kier alpha value is -1.97. The fourth-order valence-electron chi connectivity index (χ4n) is 3.97. The normalized spacial score (nSPS) is 32.0. The second kappa shape index (κ2) is 4.51. The van der Waals surface area contributed by atoms with Crippen LogP contribution in [0.4, 0.5) is 13.2 Å². The van der Waals surface area contributed by atoms with Gasteiger partial charge in [0, 0.05) is 0 Å². The van der Waals surface area contributed by atoms with E-state index in [1.165, 1.54) is 12.1 Å². The molecule has 2 bridgehead atoms. The molecule has 114 valence electrons. The van der Waals surface area contributed by atoms with Crippen molar-refractivity contribution >= 4 is 0 Å². The van der Waals surface area contributed by atoms with Gasteiger partial charge in [-0.3, -0.25) is 0 Å². The average molecular weight is 304 g/mol. The number of ether oxygens (including phenoxy) is 1. The van der Waals surface area contributed by atoms with E-state index in [4.69, 9.17) is 4.74 Å².